The van der Waals surface area contributed by atoms with Crippen molar-refractivity contribution in [3.63, 3.8) is 0 Å². The first kappa shape index (κ1) is 16.3. The van der Waals surface area contributed by atoms with Crippen LogP contribution in [0.2, 0.25) is 0 Å². The molecule has 6 heteroatoms. The highest BCUT2D eigenvalue weighted by Crippen LogP contribution is 2.26. The van der Waals surface area contributed by atoms with Crippen LogP contribution in [0.3, 0.4) is 0 Å². The Morgan fingerprint density at radius 1 is 1.33 bits per heavy atom. The van der Waals surface area contributed by atoms with Gasteiger partial charge in [-0.05, 0) is 19.8 Å². The van der Waals surface area contributed by atoms with Crippen LogP contribution in [0.25, 0.3) is 11.2 Å². The van der Waals surface area contributed by atoms with Crippen molar-refractivity contribution < 1.29 is 4.74 Å². The molecule has 21 heavy (non-hydrogen) atoms. The number of methoxy groups -OCH3 is 1. The Kier molecular flexibility index (Phi) is 5.65. The predicted molar refractivity (Wildman–Crippen MR) is 86.1 cm³/mol. The Bertz CT molecular complexity index is 590. The minimum absolute atomic E-state index is 0.318. The lowest BCUT2D eigenvalue weighted by Gasteiger charge is -2.17. The first-order valence-electron chi connectivity index (χ1n) is 7.61. The van der Waals surface area contributed by atoms with E-state index >= 15 is 0 Å². The summed E-state index contributed by atoms with van der Waals surface area (Å²) in [6, 6.07) is 0.318. The van der Waals surface area contributed by atoms with Crippen molar-refractivity contribution in [3.05, 3.63) is 11.5 Å². The smallest absolute Gasteiger partial charge is 0.158 e. The number of hydrogen-bond acceptors (Lipinski definition) is 3. The minimum Gasteiger partial charge on any atom is -0.385 e. The fraction of sp³-hybridized carbons (Fsp3) is 0.733. The van der Waals surface area contributed by atoms with Gasteiger partial charge in [-0.3, -0.25) is 4.68 Å². The SMILES string of the molecule is CCCc1nn(C)c2c1nc(CCCl)n2C(C)CCOC. The number of rotatable bonds is 8. The summed E-state index contributed by atoms with van der Waals surface area (Å²) in [6.45, 7) is 5.10. The standard InChI is InChI=1S/C15H25ClN4O/c1-5-6-12-14-15(19(3)18-12)20(11(2)8-10-21-4)13(17-14)7-9-16/h11H,5-10H2,1-4H3. The molecule has 0 spiro atoms. The first-order valence-corrected chi connectivity index (χ1v) is 8.15. The van der Waals surface area contributed by atoms with E-state index in [4.69, 9.17) is 21.3 Å². The lowest BCUT2D eigenvalue weighted by molar-refractivity contribution is 0.181. The van der Waals surface area contributed by atoms with Crippen molar-refractivity contribution in [2.45, 2.75) is 45.6 Å². The average Bonchev–Trinajstić information content (AvgIpc) is 2.96. The Balaban J connectivity index is 2.50. The molecule has 0 aliphatic carbocycles. The van der Waals surface area contributed by atoms with E-state index in [0.717, 1.165) is 55.0 Å². The maximum absolute atomic E-state index is 5.95. The van der Waals surface area contributed by atoms with Gasteiger partial charge in [0.25, 0.3) is 0 Å². The largest absolute Gasteiger partial charge is 0.385 e. The maximum Gasteiger partial charge on any atom is 0.158 e. The normalized spacial score (nSPS) is 13.2. The summed E-state index contributed by atoms with van der Waals surface area (Å²) in [5, 5.41) is 4.63. The summed E-state index contributed by atoms with van der Waals surface area (Å²) in [5.74, 6) is 1.63. The molecule has 0 radical (unpaired) electrons. The van der Waals surface area contributed by atoms with Crippen LogP contribution in [0.1, 0.15) is 44.2 Å². The Hall–Kier alpha value is -1.07. The monoisotopic (exact) mass is 312 g/mol. The molecule has 5 nitrogen and oxygen atoms in total. The van der Waals surface area contributed by atoms with Crippen LogP contribution >= 0.6 is 11.6 Å². The van der Waals surface area contributed by atoms with E-state index in [1.165, 1.54) is 0 Å². The summed E-state index contributed by atoms with van der Waals surface area (Å²) < 4.78 is 9.45. The zero-order valence-electron chi connectivity index (χ0n) is 13.4. The van der Waals surface area contributed by atoms with Gasteiger partial charge >= 0.3 is 0 Å². The van der Waals surface area contributed by atoms with Gasteiger partial charge in [-0.2, -0.15) is 5.10 Å². The number of alkyl halides is 1. The fourth-order valence-corrected chi connectivity index (χ4v) is 2.96. The molecule has 0 amide bonds. The van der Waals surface area contributed by atoms with Crippen LogP contribution in [0.5, 0.6) is 0 Å². The molecule has 118 valence electrons. The molecule has 1 unspecified atom stereocenters. The van der Waals surface area contributed by atoms with Crippen molar-refractivity contribution >= 4 is 22.8 Å². The third kappa shape index (κ3) is 3.24. The third-order valence-electron chi connectivity index (χ3n) is 3.79. The molecule has 1 atom stereocenters. The Morgan fingerprint density at radius 3 is 2.71 bits per heavy atom. The van der Waals surface area contributed by atoms with E-state index in [-0.39, 0.29) is 0 Å². The van der Waals surface area contributed by atoms with Crippen LogP contribution in [-0.4, -0.2) is 38.9 Å². The number of hydrogen-bond donors (Lipinski definition) is 0. The highest BCUT2D eigenvalue weighted by molar-refractivity contribution is 6.17. The number of halogens is 1. The van der Waals surface area contributed by atoms with Gasteiger partial charge in [-0.15, -0.1) is 11.6 Å². The molecule has 0 bridgehead atoms. The molecule has 0 fully saturated rings. The van der Waals surface area contributed by atoms with Gasteiger partial charge in [0, 0.05) is 39.1 Å². The van der Waals surface area contributed by atoms with Crippen LogP contribution < -0.4 is 0 Å². The van der Waals surface area contributed by atoms with E-state index in [1.807, 2.05) is 11.7 Å². The van der Waals surface area contributed by atoms with Crippen LogP contribution in [0.15, 0.2) is 0 Å². The second-order valence-corrected chi connectivity index (χ2v) is 5.84. The van der Waals surface area contributed by atoms with E-state index in [0.29, 0.717) is 11.9 Å². The molecule has 2 aromatic rings. The van der Waals surface area contributed by atoms with Gasteiger partial charge in [0.2, 0.25) is 0 Å². The average molecular weight is 313 g/mol. The van der Waals surface area contributed by atoms with Gasteiger partial charge in [0.05, 0.1) is 5.69 Å². The zero-order chi connectivity index (χ0) is 15.4. The molecule has 0 saturated carbocycles. The van der Waals surface area contributed by atoms with Crippen LogP contribution in [0, 0.1) is 0 Å². The molecule has 0 aliphatic rings. The number of aromatic nitrogens is 4. The number of ether oxygens (including phenoxy) is 1. The first-order chi connectivity index (χ1) is 10.1. The van der Waals surface area contributed by atoms with Crippen LogP contribution in [0.4, 0.5) is 0 Å². The van der Waals surface area contributed by atoms with Crippen molar-refractivity contribution in [1.29, 1.82) is 0 Å². The molecule has 0 saturated heterocycles. The van der Waals surface area contributed by atoms with Gasteiger partial charge in [0.1, 0.15) is 11.3 Å². The summed E-state index contributed by atoms with van der Waals surface area (Å²) >= 11 is 5.95. The summed E-state index contributed by atoms with van der Waals surface area (Å²) in [7, 11) is 3.73. The second-order valence-electron chi connectivity index (χ2n) is 5.46. The number of nitrogens with zero attached hydrogens (tertiary/aromatic N) is 4. The highest BCUT2D eigenvalue weighted by Gasteiger charge is 2.21. The Labute approximate surface area is 131 Å². The molecule has 2 aromatic heterocycles. The van der Waals surface area contributed by atoms with E-state index in [2.05, 4.69) is 23.5 Å². The molecule has 0 N–H and O–H groups in total. The highest BCUT2D eigenvalue weighted by atomic mass is 35.5. The quantitative estimate of drug-likeness (QED) is 0.704. The minimum atomic E-state index is 0.318. The van der Waals surface area contributed by atoms with Gasteiger partial charge in [-0.1, -0.05) is 13.3 Å². The third-order valence-corrected chi connectivity index (χ3v) is 3.98. The molecule has 0 aromatic carbocycles. The van der Waals surface area contributed by atoms with Crippen molar-refractivity contribution in [2.75, 3.05) is 19.6 Å². The summed E-state index contributed by atoms with van der Waals surface area (Å²) in [6.07, 6.45) is 3.76. The van der Waals surface area contributed by atoms with Crippen LogP contribution in [-0.2, 0) is 24.6 Å². The van der Waals surface area contributed by atoms with Crippen molar-refractivity contribution in [1.82, 2.24) is 19.3 Å². The Morgan fingerprint density at radius 2 is 2.10 bits per heavy atom. The molecule has 2 rings (SSSR count). The zero-order valence-corrected chi connectivity index (χ0v) is 14.2. The van der Waals surface area contributed by atoms with Crippen molar-refractivity contribution in [2.24, 2.45) is 7.05 Å². The number of imidazole rings is 1. The molecular formula is C15H25ClN4O. The lowest BCUT2D eigenvalue weighted by Crippen LogP contribution is -2.14. The fourth-order valence-electron chi connectivity index (χ4n) is 2.79. The lowest BCUT2D eigenvalue weighted by atomic mass is 10.2. The van der Waals surface area contributed by atoms with E-state index < -0.39 is 0 Å². The molecular weight excluding hydrogens is 288 g/mol. The molecule has 0 aliphatic heterocycles. The van der Waals surface area contributed by atoms with Gasteiger partial charge in [0.15, 0.2) is 5.65 Å². The van der Waals surface area contributed by atoms with Gasteiger partial charge in [-0.25, -0.2) is 4.98 Å². The summed E-state index contributed by atoms with van der Waals surface area (Å²) in [5.41, 5.74) is 3.22. The topological polar surface area (TPSA) is 44.9 Å². The maximum atomic E-state index is 5.95. The molecule has 2 heterocycles. The van der Waals surface area contributed by atoms with Gasteiger partial charge < -0.3 is 9.30 Å². The number of fused-ring (bicyclic) bond motifs is 1. The second kappa shape index (κ2) is 7.27. The van der Waals surface area contributed by atoms with E-state index in [9.17, 15) is 0 Å². The van der Waals surface area contributed by atoms with Crippen molar-refractivity contribution in [3.8, 4) is 0 Å². The predicted octanol–water partition coefficient (Wildman–Crippen LogP) is 3.10. The van der Waals surface area contributed by atoms with E-state index in [1.54, 1.807) is 7.11 Å². The number of aryl methyl sites for hydroxylation is 3. The summed E-state index contributed by atoms with van der Waals surface area (Å²) in [4.78, 5) is 4.83.